The molecule has 3 aliphatic rings. The number of aromatic nitrogens is 2. The zero-order chi connectivity index (χ0) is 17.1. The molecule has 1 N–H and O–H groups in total. The normalized spacial score (nSPS) is 28.3. The third kappa shape index (κ3) is 4.30. The SMILES string of the molecule is OC[C@]1(CC2CC2)CCCN(Cc2cnc(N3CCOCC3)nc2)C1. The van der Waals surface area contributed by atoms with Crippen LogP contribution in [0.1, 0.15) is 37.7 Å². The fraction of sp³-hybridized carbons (Fsp3) is 0.789. The molecule has 0 radical (unpaired) electrons. The number of rotatable bonds is 6. The molecule has 2 aliphatic heterocycles. The van der Waals surface area contributed by atoms with E-state index in [1.165, 1.54) is 32.1 Å². The summed E-state index contributed by atoms with van der Waals surface area (Å²) in [5, 5.41) is 10.0. The van der Waals surface area contributed by atoms with E-state index in [1.807, 2.05) is 12.4 Å². The lowest BCUT2D eigenvalue weighted by molar-refractivity contribution is 0.0179. The summed E-state index contributed by atoms with van der Waals surface area (Å²) in [7, 11) is 0. The number of nitrogens with zero attached hydrogens (tertiary/aromatic N) is 4. The molecule has 3 fully saturated rings. The topological polar surface area (TPSA) is 61.7 Å². The number of likely N-dealkylation sites (tertiary alicyclic amines) is 1. The van der Waals surface area contributed by atoms with Gasteiger partial charge in [-0.1, -0.05) is 12.8 Å². The first kappa shape index (κ1) is 17.2. The van der Waals surface area contributed by atoms with Gasteiger partial charge in [0, 0.05) is 56.2 Å². The van der Waals surface area contributed by atoms with Crippen LogP contribution in [0.5, 0.6) is 0 Å². The van der Waals surface area contributed by atoms with Gasteiger partial charge in [-0.15, -0.1) is 0 Å². The first-order chi connectivity index (χ1) is 12.3. The summed E-state index contributed by atoms with van der Waals surface area (Å²) in [4.78, 5) is 13.8. The molecule has 0 aromatic carbocycles. The van der Waals surface area contributed by atoms with Crippen LogP contribution < -0.4 is 4.90 Å². The van der Waals surface area contributed by atoms with Gasteiger partial charge in [-0.3, -0.25) is 4.90 Å². The Kier molecular flexibility index (Phi) is 5.20. The average molecular weight is 346 g/mol. The molecule has 1 saturated carbocycles. The van der Waals surface area contributed by atoms with Gasteiger partial charge in [0.15, 0.2) is 0 Å². The van der Waals surface area contributed by atoms with Crippen molar-refractivity contribution in [1.82, 2.24) is 14.9 Å². The molecular weight excluding hydrogens is 316 g/mol. The Morgan fingerprint density at radius 3 is 2.60 bits per heavy atom. The highest BCUT2D eigenvalue weighted by molar-refractivity contribution is 5.30. The molecule has 138 valence electrons. The summed E-state index contributed by atoms with van der Waals surface area (Å²) in [6, 6.07) is 0. The van der Waals surface area contributed by atoms with Crippen LogP contribution in [0.15, 0.2) is 12.4 Å². The van der Waals surface area contributed by atoms with Gasteiger partial charge >= 0.3 is 0 Å². The molecule has 0 unspecified atom stereocenters. The fourth-order valence-corrected chi connectivity index (χ4v) is 4.35. The van der Waals surface area contributed by atoms with Crippen LogP contribution in [-0.4, -0.2) is 66.0 Å². The standard InChI is InChI=1S/C19H30N4O2/c24-15-19(10-16-2-3-16)4-1-5-22(14-19)13-17-11-20-18(21-12-17)23-6-8-25-9-7-23/h11-12,16,24H,1-10,13-15H2/t19-/m0/s1. The van der Waals surface area contributed by atoms with Crippen molar-refractivity contribution < 1.29 is 9.84 Å². The molecule has 4 rings (SSSR count). The van der Waals surface area contributed by atoms with Crippen LogP contribution in [0.4, 0.5) is 5.95 Å². The van der Waals surface area contributed by atoms with Crippen molar-refractivity contribution in [2.45, 2.75) is 38.6 Å². The van der Waals surface area contributed by atoms with Crippen molar-refractivity contribution in [3.05, 3.63) is 18.0 Å². The molecule has 6 heteroatoms. The lowest BCUT2D eigenvalue weighted by Gasteiger charge is -2.42. The molecule has 0 amide bonds. The number of anilines is 1. The molecule has 0 spiro atoms. The highest BCUT2D eigenvalue weighted by Gasteiger charge is 2.39. The van der Waals surface area contributed by atoms with Crippen LogP contribution in [0.2, 0.25) is 0 Å². The van der Waals surface area contributed by atoms with Gasteiger partial charge in [0.2, 0.25) is 5.95 Å². The minimum Gasteiger partial charge on any atom is -0.396 e. The summed E-state index contributed by atoms with van der Waals surface area (Å²) in [6.07, 6.45) is 10.2. The predicted molar refractivity (Wildman–Crippen MR) is 96.4 cm³/mol. The summed E-state index contributed by atoms with van der Waals surface area (Å²) in [6.45, 7) is 6.56. The van der Waals surface area contributed by atoms with E-state index >= 15 is 0 Å². The van der Waals surface area contributed by atoms with Crippen molar-refractivity contribution in [2.24, 2.45) is 11.3 Å². The molecule has 2 saturated heterocycles. The van der Waals surface area contributed by atoms with Crippen molar-refractivity contribution >= 4 is 5.95 Å². The smallest absolute Gasteiger partial charge is 0.225 e. The first-order valence-electron chi connectivity index (χ1n) is 9.73. The molecule has 6 nitrogen and oxygen atoms in total. The zero-order valence-electron chi connectivity index (χ0n) is 15.1. The monoisotopic (exact) mass is 346 g/mol. The van der Waals surface area contributed by atoms with Gasteiger partial charge in [0.25, 0.3) is 0 Å². The van der Waals surface area contributed by atoms with Crippen LogP contribution in [0.3, 0.4) is 0 Å². The minimum absolute atomic E-state index is 0.119. The van der Waals surface area contributed by atoms with Crippen molar-refractivity contribution in [3.8, 4) is 0 Å². The molecule has 1 aromatic rings. The number of morpholine rings is 1. The Morgan fingerprint density at radius 1 is 1.16 bits per heavy atom. The molecule has 1 atom stereocenters. The van der Waals surface area contributed by atoms with Crippen molar-refractivity contribution in [2.75, 3.05) is 50.9 Å². The number of ether oxygens (including phenoxy) is 1. The zero-order valence-corrected chi connectivity index (χ0v) is 15.1. The quantitative estimate of drug-likeness (QED) is 0.846. The third-order valence-electron chi connectivity index (χ3n) is 5.89. The Balaban J connectivity index is 1.36. The van der Waals surface area contributed by atoms with Crippen LogP contribution in [0.25, 0.3) is 0 Å². The predicted octanol–water partition coefficient (Wildman–Crippen LogP) is 1.69. The summed E-state index contributed by atoms with van der Waals surface area (Å²) >= 11 is 0. The summed E-state index contributed by atoms with van der Waals surface area (Å²) in [5.74, 6) is 1.67. The second kappa shape index (κ2) is 7.56. The Morgan fingerprint density at radius 2 is 1.92 bits per heavy atom. The number of piperidine rings is 1. The van der Waals surface area contributed by atoms with E-state index in [0.717, 1.165) is 63.4 Å². The van der Waals surface area contributed by atoms with Gasteiger partial charge < -0.3 is 14.7 Å². The van der Waals surface area contributed by atoms with E-state index in [-0.39, 0.29) is 5.41 Å². The van der Waals surface area contributed by atoms with E-state index in [2.05, 4.69) is 19.8 Å². The molecule has 3 heterocycles. The molecule has 25 heavy (non-hydrogen) atoms. The highest BCUT2D eigenvalue weighted by Crippen LogP contribution is 2.44. The van der Waals surface area contributed by atoms with E-state index in [9.17, 15) is 5.11 Å². The maximum atomic E-state index is 10.0. The van der Waals surface area contributed by atoms with Crippen molar-refractivity contribution in [1.29, 1.82) is 0 Å². The molecule has 0 bridgehead atoms. The van der Waals surface area contributed by atoms with Gasteiger partial charge in [-0.05, 0) is 31.7 Å². The fourth-order valence-electron chi connectivity index (χ4n) is 4.35. The maximum Gasteiger partial charge on any atom is 0.225 e. The van der Waals surface area contributed by atoms with Gasteiger partial charge in [0.05, 0.1) is 13.2 Å². The second-order valence-electron chi connectivity index (χ2n) is 8.11. The number of aliphatic hydroxyl groups is 1. The number of hydrogen-bond donors (Lipinski definition) is 1. The lowest BCUT2D eigenvalue weighted by atomic mass is 9.76. The lowest BCUT2D eigenvalue weighted by Crippen LogP contribution is -2.45. The largest absolute Gasteiger partial charge is 0.396 e. The van der Waals surface area contributed by atoms with Crippen LogP contribution in [0, 0.1) is 11.3 Å². The van der Waals surface area contributed by atoms with Gasteiger partial charge in [0.1, 0.15) is 0 Å². The van der Waals surface area contributed by atoms with E-state index < -0.39 is 0 Å². The third-order valence-corrected chi connectivity index (χ3v) is 5.89. The van der Waals surface area contributed by atoms with Crippen molar-refractivity contribution in [3.63, 3.8) is 0 Å². The van der Waals surface area contributed by atoms with Crippen LogP contribution >= 0.6 is 0 Å². The Hall–Kier alpha value is -1.24. The first-order valence-corrected chi connectivity index (χ1v) is 9.73. The number of hydrogen-bond acceptors (Lipinski definition) is 6. The molecular formula is C19H30N4O2. The van der Waals surface area contributed by atoms with Gasteiger partial charge in [-0.2, -0.15) is 0 Å². The highest BCUT2D eigenvalue weighted by atomic mass is 16.5. The van der Waals surface area contributed by atoms with E-state index in [0.29, 0.717) is 6.61 Å². The summed E-state index contributed by atoms with van der Waals surface area (Å²) < 4.78 is 5.38. The Bertz CT molecular complexity index is 557. The van der Waals surface area contributed by atoms with E-state index in [1.54, 1.807) is 0 Å². The van der Waals surface area contributed by atoms with E-state index in [4.69, 9.17) is 4.74 Å². The maximum absolute atomic E-state index is 10.0. The Labute approximate surface area is 150 Å². The van der Waals surface area contributed by atoms with Gasteiger partial charge in [-0.25, -0.2) is 9.97 Å². The van der Waals surface area contributed by atoms with Crippen LogP contribution in [-0.2, 0) is 11.3 Å². The minimum atomic E-state index is 0.119. The molecule has 1 aliphatic carbocycles. The second-order valence-corrected chi connectivity index (χ2v) is 8.11. The molecule has 1 aromatic heterocycles. The number of aliphatic hydroxyl groups excluding tert-OH is 1. The summed E-state index contributed by atoms with van der Waals surface area (Å²) in [5.41, 5.74) is 1.28. The average Bonchev–Trinajstić information content (AvgIpc) is 3.47.